The zero-order valence-corrected chi connectivity index (χ0v) is 15.0. The first-order valence-corrected chi connectivity index (χ1v) is 9.07. The lowest BCUT2D eigenvalue weighted by molar-refractivity contribution is 0.331. The van der Waals surface area contributed by atoms with Crippen LogP contribution in [0.25, 0.3) is 10.9 Å². The van der Waals surface area contributed by atoms with Gasteiger partial charge in [0, 0.05) is 23.1 Å². The number of aromatic nitrogens is 1. The van der Waals surface area contributed by atoms with Gasteiger partial charge in [0.2, 0.25) is 0 Å². The van der Waals surface area contributed by atoms with Gasteiger partial charge in [-0.3, -0.25) is 9.89 Å². The summed E-state index contributed by atoms with van der Waals surface area (Å²) < 4.78 is 0. The first-order valence-electron chi connectivity index (χ1n) is 9.07. The zero-order chi connectivity index (χ0) is 18.1. The summed E-state index contributed by atoms with van der Waals surface area (Å²) in [7, 11) is 0. The Morgan fingerprint density at radius 1 is 1.15 bits per heavy atom. The van der Waals surface area contributed by atoms with Crippen molar-refractivity contribution in [2.24, 2.45) is 4.99 Å². The quantitative estimate of drug-likeness (QED) is 0.489. The number of likely N-dealkylation sites (tertiary alicyclic amines) is 1. The van der Waals surface area contributed by atoms with E-state index in [0.717, 1.165) is 28.8 Å². The molecule has 1 aliphatic rings. The van der Waals surface area contributed by atoms with Gasteiger partial charge in [0.15, 0.2) is 5.88 Å². The monoisotopic (exact) mass is 348 g/mol. The Kier molecular flexibility index (Phi) is 4.39. The van der Waals surface area contributed by atoms with Crippen molar-refractivity contribution in [3.05, 3.63) is 53.6 Å². The second-order valence-corrected chi connectivity index (χ2v) is 7.00. The summed E-state index contributed by atoms with van der Waals surface area (Å²) in [5.41, 5.74) is 11.1. The third-order valence-corrected chi connectivity index (χ3v) is 5.00. The van der Waals surface area contributed by atoms with Gasteiger partial charge in [-0.25, -0.2) is 0 Å². The van der Waals surface area contributed by atoms with Crippen molar-refractivity contribution in [3.63, 3.8) is 0 Å². The number of aliphatic imine (C=N–C) groups is 1. The Labute approximate surface area is 153 Å². The van der Waals surface area contributed by atoms with Gasteiger partial charge in [0.05, 0.1) is 17.0 Å². The number of aromatic hydroxyl groups is 1. The molecule has 5 nitrogen and oxygen atoms in total. The number of rotatable bonds is 4. The van der Waals surface area contributed by atoms with Crippen molar-refractivity contribution in [2.75, 3.05) is 18.8 Å². The van der Waals surface area contributed by atoms with Crippen LogP contribution in [0.15, 0.2) is 47.5 Å². The van der Waals surface area contributed by atoms with Gasteiger partial charge < -0.3 is 15.8 Å². The predicted molar refractivity (Wildman–Crippen MR) is 107 cm³/mol. The Balaban J connectivity index is 1.59. The number of hydrogen-bond donors (Lipinski definition) is 3. The molecule has 1 saturated heterocycles. The molecule has 0 radical (unpaired) electrons. The van der Waals surface area contributed by atoms with Gasteiger partial charge >= 0.3 is 0 Å². The first kappa shape index (κ1) is 16.7. The second-order valence-electron chi connectivity index (χ2n) is 7.00. The van der Waals surface area contributed by atoms with Crippen molar-refractivity contribution in [2.45, 2.75) is 26.3 Å². The lowest BCUT2D eigenvalue weighted by atomic mass is 10.1. The fourth-order valence-electron chi connectivity index (χ4n) is 3.69. The largest absolute Gasteiger partial charge is 0.494 e. The number of nitrogens with zero attached hydrogens (tertiary/aromatic N) is 2. The molecule has 5 heteroatoms. The predicted octanol–water partition coefficient (Wildman–Crippen LogP) is 4.19. The lowest BCUT2D eigenvalue weighted by Gasteiger charge is -2.14. The summed E-state index contributed by atoms with van der Waals surface area (Å²) in [5.74, 6) is 0.123. The summed E-state index contributed by atoms with van der Waals surface area (Å²) in [5, 5.41) is 11.2. The molecule has 4 rings (SSSR count). The molecule has 0 saturated carbocycles. The number of nitrogens with one attached hydrogen (secondary N) is 1. The highest BCUT2D eigenvalue weighted by Crippen LogP contribution is 2.30. The number of H-pyrrole nitrogens is 1. The van der Waals surface area contributed by atoms with E-state index in [9.17, 15) is 5.11 Å². The minimum absolute atomic E-state index is 0.123. The molecule has 26 heavy (non-hydrogen) atoms. The average Bonchev–Trinajstić information content (AvgIpc) is 3.23. The van der Waals surface area contributed by atoms with Crippen LogP contribution < -0.4 is 5.73 Å². The van der Waals surface area contributed by atoms with Crippen molar-refractivity contribution >= 4 is 28.0 Å². The molecule has 1 aromatic heterocycles. The van der Waals surface area contributed by atoms with E-state index in [1.165, 1.54) is 31.5 Å². The SMILES string of the molecule is CC(=Nc1ccc(CN2CCCC2)cc1)c1c(O)[nH]c2ccc(N)cc12. The maximum Gasteiger partial charge on any atom is 0.198 e. The molecule has 0 bridgehead atoms. The van der Waals surface area contributed by atoms with E-state index in [1.54, 1.807) is 0 Å². The minimum atomic E-state index is 0.123. The van der Waals surface area contributed by atoms with Crippen LogP contribution in [0.2, 0.25) is 0 Å². The van der Waals surface area contributed by atoms with Gasteiger partial charge in [-0.15, -0.1) is 0 Å². The van der Waals surface area contributed by atoms with Crippen LogP contribution >= 0.6 is 0 Å². The van der Waals surface area contributed by atoms with Crippen LogP contribution in [0, 0.1) is 0 Å². The highest BCUT2D eigenvalue weighted by atomic mass is 16.3. The van der Waals surface area contributed by atoms with Crippen molar-refractivity contribution < 1.29 is 5.11 Å². The Morgan fingerprint density at radius 2 is 1.88 bits per heavy atom. The standard InChI is InChI=1S/C21H24N4O/c1-14(20-18-12-16(22)6-9-19(18)24-21(20)26)23-17-7-4-15(5-8-17)13-25-10-2-3-11-25/h4-9,12,24,26H,2-3,10-11,13,22H2,1H3. The zero-order valence-electron chi connectivity index (χ0n) is 15.0. The molecular formula is C21H24N4O. The summed E-state index contributed by atoms with van der Waals surface area (Å²) in [6.07, 6.45) is 2.61. The first-order chi connectivity index (χ1) is 12.6. The fourth-order valence-corrected chi connectivity index (χ4v) is 3.69. The molecule has 3 aromatic rings. The van der Waals surface area contributed by atoms with E-state index in [4.69, 9.17) is 10.7 Å². The van der Waals surface area contributed by atoms with Gasteiger partial charge in [-0.1, -0.05) is 12.1 Å². The van der Waals surface area contributed by atoms with Crippen LogP contribution in [0.4, 0.5) is 11.4 Å². The van der Waals surface area contributed by atoms with E-state index in [2.05, 4.69) is 22.0 Å². The number of nitrogens with two attached hydrogens (primary N) is 1. The van der Waals surface area contributed by atoms with Gasteiger partial charge in [-0.05, 0) is 68.8 Å². The van der Waals surface area contributed by atoms with Crippen LogP contribution in [0.5, 0.6) is 5.88 Å². The summed E-state index contributed by atoms with van der Waals surface area (Å²) in [6, 6.07) is 13.9. The normalized spacial score (nSPS) is 15.8. The molecule has 2 aromatic carbocycles. The van der Waals surface area contributed by atoms with Crippen molar-refractivity contribution in [1.82, 2.24) is 9.88 Å². The molecule has 0 unspecified atom stereocenters. The third-order valence-electron chi connectivity index (χ3n) is 5.00. The number of fused-ring (bicyclic) bond motifs is 1. The molecular weight excluding hydrogens is 324 g/mol. The van der Waals surface area contributed by atoms with Crippen LogP contribution in [0.3, 0.4) is 0 Å². The number of anilines is 1. The highest BCUT2D eigenvalue weighted by Gasteiger charge is 2.14. The molecule has 4 N–H and O–H groups in total. The lowest BCUT2D eigenvalue weighted by Crippen LogP contribution is -2.18. The topological polar surface area (TPSA) is 77.6 Å². The summed E-state index contributed by atoms with van der Waals surface area (Å²) >= 11 is 0. The van der Waals surface area contributed by atoms with E-state index >= 15 is 0 Å². The number of hydrogen-bond acceptors (Lipinski definition) is 4. The highest BCUT2D eigenvalue weighted by molar-refractivity contribution is 6.13. The van der Waals surface area contributed by atoms with E-state index in [0.29, 0.717) is 11.3 Å². The summed E-state index contributed by atoms with van der Waals surface area (Å²) in [6.45, 7) is 5.30. The Hall–Kier alpha value is -2.79. The molecule has 2 heterocycles. The second kappa shape index (κ2) is 6.84. The molecule has 134 valence electrons. The molecule has 1 aliphatic heterocycles. The van der Waals surface area contributed by atoms with Crippen molar-refractivity contribution in [1.29, 1.82) is 0 Å². The number of aromatic amines is 1. The molecule has 1 fully saturated rings. The smallest absolute Gasteiger partial charge is 0.198 e. The molecule has 0 spiro atoms. The van der Waals surface area contributed by atoms with E-state index < -0.39 is 0 Å². The molecule has 0 amide bonds. The molecule has 0 aliphatic carbocycles. The molecule has 0 atom stereocenters. The number of benzene rings is 2. The third kappa shape index (κ3) is 3.30. The average molecular weight is 348 g/mol. The van der Waals surface area contributed by atoms with Crippen molar-refractivity contribution in [3.8, 4) is 5.88 Å². The van der Waals surface area contributed by atoms with Crippen LogP contribution in [-0.2, 0) is 6.54 Å². The summed E-state index contributed by atoms with van der Waals surface area (Å²) in [4.78, 5) is 10.2. The fraction of sp³-hybridized carbons (Fsp3) is 0.286. The van der Waals surface area contributed by atoms with Crippen LogP contribution in [-0.4, -0.2) is 33.8 Å². The van der Waals surface area contributed by atoms with E-state index in [-0.39, 0.29) is 5.88 Å². The van der Waals surface area contributed by atoms with Gasteiger partial charge in [-0.2, -0.15) is 0 Å². The van der Waals surface area contributed by atoms with E-state index in [1.807, 2.05) is 37.3 Å². The number of nitrogen functional groups attached to an aromatic ring is 1. The van der Waals surface area contributed by atoms with Gasteiger partial charge in [0.1, 0.15) is 0 Å². The maximum atomic E-state index is 10.3. The van der Waals surface area contributed by atoms with Crippen LogP contribution in [0.1, 0.15) is 30.9 Å². The maximum absolute atomic E-state index is 10.3. The minimum Gasteiger partial charge on any atom is -0.494 e. The Bertz CT molecular complexity index is 950. The Morgan fingerprint density at radius 3 is 2.62 bits per heavy atom. The van der Waals surface area contributed by atoms with Gasteiger partial charge in [0.25, 0.3) is 0 Å².